The van der Waals surface area contributed by atoms with Gasteiger partial charge < -0.3 is 14.7 Å². The van der Waals surface area contributed by atoms with Gasteiger partial charge in [0, 0.05) is 24.5 Å². The molecule has 0 atom stereocenters. The van der Waals surface area contributed by atoms with E-state index in [1.165, 1.54) is 18.2 Å². The van der Waals surface area contributed by atoms with Crippen LogP contribution >= 0.6 is 0 Å². The van der Waals surface area contributed by atoms with Gasteiger partial charge in [0.15, 0.2) is 5.58 Å². The summed E-state index contributed by atoms with van der Waals surface area (Å²) in [7, 11) is 0. The summed E-state index contributed by atoms with van der Waals surface area (Å²) in [5, 5.41) is 13.6. The number of aromatic amines is 1. The number of imidazole rings is 1. The molecule has 8 heteroatoms. The SMILES string of the molecule is O=[N+]([O-])c1ccc2oc(NCc3ncc[nH]3)nc2c1. The Balaban J connectivity index is 1.83. The van der Waals surface area contributed by atoms with Crippen LogP contribution in [-0.2, 0) is 6.54 Å². The first-order valence-corrected chi connectivity index (χ1v) is 5.49. The largest absolute Gasteiger partial charge is 0.424 e. The number of rotatable bonds is 4. The van der Waals surface area contributed by atoms with E-state index in [0.717, 1.165) is 5.82 Å². The zero-order valence-corrected chi connectivity index (χ0v) is 9.66. The molecule has 0 amide bonds. The van der Waals surface area contributed by atoms with Crippen molar-refractivity contribution >= 4 is 22.8 Å². The minimum absolute atomic E-state index is 0.0154. The maximum absolute atomic E-state index is 10.7. The molecular formula is C11H9N5O3. The lowest BCUT2D eigenvalue weighted by Crippen LogP contribution is -2.00. The number of nitro benzene ring substituents is 1. The maximum Gasteiger partial charge on any atom is 0.296 e. The average molecular weight is 259 g/mol. The molecule has 19 heavy (non-hydrogen) atoms. The van der Waals surface area contributed by atoms with Gasteiger partial charge >= 0.3 is 0 Å². The predicted octanol–water partition coefficient (Wildman–Crippen LogP) is 2.07. The summed E-state index contributed by atoms with van der Waals surface area (Å²) in [5.41, 5.74) is 0.919. The summed E-state index contributed by atoms with van der Waals surface area (Å²) >= 11 is 0. The highest BCUT2D eigenvalue weighted by Crippen LogP contribution is 2.23. The second-order valence-electron chi connectivity index (χ2n) is 3.82. The van der Waals surface area contributed by atoms with Gasteiger partial charge in [-0.25, -0.2) is 4.98 Å². The van der Waals surface area contributed by atoms with Crippen LogP contribution in [0.4, 0.5) is 11.7 Å². The van der Waals surface area contributed by atoms with Gasteiger partial charge in [-0.05, 0) is 6.07 Å². The van der Waals surface area contributed by atoms with Crippen molar-refractivity contribution in [3.05, 3.63) is 46.5 Å². The van der Waals surface area contributed by atoms with Crippen LogP contribution in [0.5, 0.6) is 0 Å². The summed E-state index contributed by atoms with van der Waals surface area (Å²) in [4.78, 5) is 21.3. The Bertz CT molecular complexity index is 719. The molecule has 1 aromatic carbocycles. The van der Waals surface area contributed by atoms with Crippen molar-refractivity contribution in [3.63, 3.8) is 0 Å². The highest BCUT2D eigenvalue weighted by atomic mass is 16.6. The molecule has 0 saturated carbocycles. The molecule has 3 rings (SSSR count). The quantitative estimate of drug-likeness (QED) is 0.548. The van der Waals surface area contributed by atoms with Gasteiger partial charge in [0.2, 0.25) is 0 Å². The van der Waals surface area contributed by atoms with Crippen LogP contribution in [-0.4, -0.2) is 19.9 Å². The summed E-state index contributed by atoms with van der Waals surface area (Å²) in [6, 6.07) is 4.58. The zero-order valence-electron chi connectivity index (χ0n) is 9.66. The summed E-state index contributed by atoms with van der Waals surface area (Å²) in [6.07, 6.45) is 3.36. The molecule has 2 N–H and O–H groups in total. The number of hydrogen-bond acceptors (Lipinski definition) is 6. The van der Waals surface area contributed by atoms with E-state index in [1.807, 2.05) is 0 Å². The molecule has 0 bridgehead atoms. The van der Waals surface area contributed by atoms with E-state index in [9.17, 15) is 10.1 Å². The number of non-ortho nitro benzene ring substituents is 1. The first-order valence-electron chi connectivity index (χ1n) is 5.49. The second kappa shape index (κ2) is 4.41. The van der Waals surface area contributed by atoms with Crippen molar-refractivity contribution in [1.29, 1.82) is 0 Å². The van der Waals surface area contributed by atoms with E-state index in [0.29, 0.717) is 23.7 Å². The standard InChI is InChI=1S/C11H9N5O3/c17-16(18)7-1-2-9-8(5-7)15-11(19-9)14-6-10-12-3-4-13-10/h1-5H,6H2,(H,12,13)(H,14,15). The Hall–Kier alpha value is -2.90. The first-order chi connectivity index (χ1) is 9.22. The highest BCUT2D eigenvalue weighted by molar-refractivity contribution is 5.77. The van der Waals surface area contributed by atoms with Crippen molar-refractivity contribution in [1.82, 2.24) is 15.0 Å². The van der Waals surface area contributed by atoms with E-state index < -0.39 is 4.92 Å². The molecule has 0 unspecified atom stereocenters. The van der Waals surface area contributed by atoms with Gasteiger partial charge in [0.1, 0.15) is 11.3 Å². The Morgan fingerprint density at radius 2 is 2.37 bits per heavy atom. The molecule has 2 heterocycles. The van der Waals surface area contributed by atoms with Crippen molar-refractivity contribution in [3.8, 4) is 0 Å². The lowest BCUT2D eigenvalue weighted by Gasteiger charge is -1.96. The summed E-state index contributed by atoms with van der Waals surface area (Å²) in [5.74, 6) is 0.744. The number of benzene rings is 1. The molecule has 8 nitrogen and oxygen atoms in total. The average Bonchev–Trinajstić information content (AvgIpc) is 3.04. The monoisotopic (exact) mass is 259 g/mol. The molecule has 96 valence electrons. The number of oxazole rings is 1. The minimum atomic E-state index is -0.468. The van der Waals surface area contributed by atoms with E-state index >= 15 is 0 Å². The fourth-order valence-electron chi connectivity index (χ4n) is 1.66. The smallest absolute Gasteiger partial charge is 0.296 e. The Kier molecular flexibility index (Phi) is 2.60. The van der Waals surface area contributed by atoms with Crippen LogP contribution in [0.15, 0.2) is 35.0 Å². The number of aromatic nitrogens is 3. The molecule has 0 fully saturated rings. The van der Waals surface area contributed by atoms with Gasteiger partial charge in [-0.2, -0.15) is 4.98 Å². The topological polar surface area (TPSA) is 110 Å². The number of hydrogen-bond donors (Lipinski definition) is 2. The molecule has 0 radical (unpaired) electrons. The number of H-pyrrole nitrogens is 1. The third kappa shape index (κ3) is 2.23. The normalized spacial score (nSPS) is 10.7. The van der Waals surface area contributed by atoms with E-state index in [2.05, 4.69) is 20.3 Å². The second-order valence-corrected chi connectivity index (χ2v) is 3.82. The fourth-order valence-corrected chi connectivity index (χ4v) is 1.66. The van der Waals surface area contributed by atoms with Crippen LogP contribution in [0.3, 0.4) is 0 Å². The Morgan fingerprint density at radius 1 is 1.47 bits per heavy atom. The van der Waals surface area contributed by atoms with Crippen molar-refractivity contribution < 1.29 is 9.34 Å². The fraction of sp³-hybridized carbons (Fsp3) is 0.0909. The zero-order chi connectivity index (χ0) is 13.2. The van der Waals surface area contributed by atoms with Crippen molar-refractivity contribution in [2.75, 3.05) is 5.32 Å². The van der Waals surface area contributed by atoms with Crippen LogP contribution < -0.4 is 5.32 Å². The number of anilines is 1. The van der Waals surface area contributed by atoms with Gasteiger partial charge in [0.05, 0.1) is 11.5 Å². The van der Waals surface area contributed by atoms with Gasteiger partial charge in [0.25, 0.3) is 11.7 Å². The number of fused-ring (bicyclic) bond motifs is 1. The number of nitrogens with one attached hydrogen (secondary N) is 2. The molecule has 0 aliphatic heterocycles. The minimum Gasteiger partial charge on any atom is -0.424 e. The predicted molar refractivity (Wildman–Crippen MR) is 66.6 cm³/mol. The van der Waals surface area contributed by atoms with Crippen LogP contribution in [0.2, 0.25) is 0 Å². The van der Waals surface area contributed by atoms with Crippen molar-refractivity contribution in [2.24, 2.45) is 0 Å². The summed E-state index contributed by atoms with van der Waals surface area (Å²) in [6.45, 7) is 0.432. The van der Waals surface area contributed by atoms with Gasteiger partial charge in [-0.3, -0.25) is 10.1 Å². The first kappa shape index (κ1) is 11.2. The highest BCUT2D eigenvalue weighted by Gasteiger charge is 2.11. The molecule has 0 spiro atoms. The third-order valence-electron chi connectivity index (χ3n) is 2.54. The third-order valence-corrected chi connectivity index (χ3v) is 2.54. The maximum atomic E-state index is 10.7. The number of nitrogens with zero attached hydrogens (tertiary/aromatic N) is 3. The molecule has 0 aliphatic carbocycles. The van der Waals surface area contributed by atoms with Gasteiger partial charge in [-0.15, -0.1) is 0 Å². The Morgan fingerprint density at radius 3 is 3.11 bits per heavy atom. The number of nitro groups is 1. The molecule has 0 aliphatic rings. The summed E-state index contributed by atoms with van der Waals surface area (Å²) < 4.78 is 5.41. The van der Waals surface area contributed by atoms with Crippen LogP contribution in [0.25, 0.3) is 11.1 Å². The molecule has 2 aromatic heterocycles. The Labute approximate surface area is 106 Å². The van der Waals surface area contributed by atoms with E-state index in [4.69, 9.17) is 4.42 Å². The lowest BCUT2D eigenvalue weighted by atomic mass is 10.3. The van der Waals surface area contributed by atoms with E-state index in [-0.39, 0.29) is 5.69 Å². The van der Waals surface area contributed by atoms with E-state index in [1.54, 1.807) is 12.4 Å². The molecular weight excluding hydrogens is 250 g/mol. The molecule has 3 aromatic rings. The van der Waals surface area contributed by atoms with Crippen molar-refractivity contribution in [2.45, 2.75) is 6.54 Å². The van der Waals surface area contributed by atoms with Gasteiger partial charge in [-0.1, -0.05) is 0 Å². The lowest BCUT2D eigenvalue weighted by molar-refractivity contribution is -0.384. The van der Waals surface area contributed by atoms with Crippen LogP contribution in [0.1, 0.15) is 5.82 Å². The van der Waals surface area contributed by atoms with Crippen LogP contribution in [0, 0.1) is 10.1 Å². The molecule has 0 saturated heterocycles.